The fourth-order valence-electron chi connectivity index (χ4n) is 3.87. The van der Waals surface area contributed by atoms with Gasteiger partial charge in [0.15, 0.2) is 11.5 Å². The van der Waals surface area contributed by atoms with E-state index in [1.54, 1.807) is 12.1 Å². The molecule has 0 bridgehead atoms. The smallest absolute Gasteiger partial charge is 0.335 e. The van der Waals surface area contributed by atoms with Gasteiger partial charge in [-0.2, -0.15) is 0 Å². The number of hydrogen-bond donors (Lipinski definition) is 3. The van der Waals surface area contributed by atoms with Gasteiger partial charge in [-0.05, 0) is 41.4 Å². The maximum absolute atomic E-state index is 10.9. The number of rotatable bonds is 4. The van der Waals surface area contributed by atoms with E-state index in [-0.39, 0.29) is 40.2 Å². The molecule has 5 nitrogen and oxygen atoms in total. The summed E-state index contributed by atoms with van der Waals surface area (Å²) < 4.78 is 5.77. The van der Waals surface area contributed by atoms with Crippen molar-refractivity contribution in [3.63, 3.8) is 0 Å². The number of carboxylic acids is 1. The van der Waals surface area contributed by atoms with E-state index in [0.717, 1.165) is 29.5 Å². The number of carboxylic acid groups (broad SMARTS) is 1. The number of hydrogen-bond acceptors (Lipinski definition) is 4. The van der Waals surface area contributed by atoms with Gasteiger partial charge in [0.2, 0.25) is 0 Å². The lowest BCUT2D eigenvalue weighted by Gasteiger charge is -2.42. The Bertz CT molecular complexity index is 879. The largest absolute Gasteiger partial charge is 0.507 e. The summed E-state index contributed by atoms with van der Waals surface area (Å²) in [5.74, 6) is -0.538. The van der Waals surface area contributed by atoms with E-state index in [0.29, 0.717) is 0 Å². The minimum atomic E-state index is -0.982. The van der Waals surface area contributed by atoms with Crippen molar-refractivity contribution in [3.05, 3.63) is 52.6 Å². The molecule has 0 spiro atoms. The second kappa shape index (κ2) is 6.48. The topological polar surface area (TPSA) is 87.0 Å². The summed E-state index contributed by atoms with van der Waals surface area (Å²) in [6.07, 6.45) is 1.83. The highest BCUT2D eigenvalue weighted by atomic mass is 16.5. The normalized spacial score (nSPS) is 17.2. The molecule has 2 aromatic rings. The van der Waals surface area contributed by atoms with Gasteiger partial charge in [-0.25, -0.2) is 4.79 Å². The van der Waals surface area contributed by atoms with E-state index in [1.165, 1.54) is 18.2 Å². The van der Waals surface area contributed by atoms with Crippen LogP contribution in [0.25, 0.3) is 0 Å². The highest BCUT2D eigenvalue weighted by Crippen LogP contribution is 2.55. The lowest BCUT2D eigenvalue weighted by Crippen LogP contribution is -2.34. The average molecular weight is 370 g/mol. The van der Waals surface area contributed by atoms with Crippen LogP contribution in [0.15, 0.2) is 30.3 Å². The zero-order chi connectivity index (χ0) is 20.0. The Hall–Kier alpha value is -2.69. The molecular weight excluding hydrogens is 344 g/mol. The molecule has 0 aliphatic heterocycles. The standard InChI is InChI=1S/C22H26O5/c1-21(2)9-10-22(3,4)18-17(21)15(23)11-16(19(18)24)27-12-13-5-7-14(8-6-13)20(25)26/h5-8,11,23-24H,9-10,12H2,1-4H3,(H,25,26). The first-order valence-corrected chi connectivity index (χ1v) is 9.08. The zero-order valence-electron chi connectivity index (χ0n) is 16.2. The van der Waals surface area contributed by atoms with E-state index in [4.69, 9.17) is 9.84 Å². The summed E-state index contributed by atoms with van der Waals surface area (Å²) in [4.78, 5) is 10.9. The van der Waals surface area contributed by atoms with Crippen molar-refractivity contribution in [2.24, 2.45) is 0 Å². The van der Waals surface area contributed by atoms with Crippen molar-refractivity contribution in [1.82, 2.24) is 0 Å². The number of phenols is 2. The quantitative estimate of drug-likeness (QED) is 0.678. The molecule has 3 N–H and O–H groups in total. The van der Waals surface area contributed by atoms with Crippen LogP contribution in [0, 0.1) is 0 Å². The van der Waals surface area contributed by atoms with Gasteiger partial charge in [0.05, 0.1) is 5.56 Å². The van der Waals surface area contributed by atoms with Crippen molar-refractivity contribution in [2.45, 2.75) is 58.0 Å². The van der Waals surface area contributed by atoms with Crippen molar-refractivity contribution < 1.29 is 24.9 Å². The minimum Gasteiger partial charge on any atom is -0.507 e. The van der Waals surface area contributed by atoms with Crippen LogP contribution in [0.1, 0.15) is 67.6 Å². The Morgan fingerprint density at radius 3 is 2.11 bits per heavy atom. The van der Waals surface area contributed by atoms with Crippen molar-refractivity contribution >= 4 is 5.97 Å². The number of aromatic carboxylic acids is 1. The van der Waals surface area contributed by atoms with Crippen molar-refractivity contribution in [3.8, 4) is 17.2 Å². The Kier molecular flexibility index (Phi) is 4.58. The van der Waals surface area contributed by atoms with Crippen LogP contribution >= 0.6 is 0 Å². The number of aromatic hydroxyl groups is 2. The van der Waals surface area contributed by atoms with Gasteiger partial charge in [0.25, 0.3) is 0 Å². The Balaban J connectivity index is 1.93. The van der Waals surface area contributed by atoms with Crippen molar-refractivity contribution in [2.75, 3.05) is 0 Å². The molecule has 27 heavy (non-hydrogen) atoms. The molecule has 1 aliphatic carbocycles. The van der Waals surface area contributed by atoms with Crippen LogP contribution in [-0.2, 0) is 17.4 Å². The fraction of sp³-hybridized carbons (Fsp3) is 0.409. The van der Waals surface area contributed by atoms with Gasteiger partial charge in [-0.15, -0.1) is 0 Å². The first kappa shape index (κ1) is 19.1. The van der Waals surface area contributed by atoms with Crippen LogP contribution in [0.2, 0.25) is 0 Å². The first-order chi connectivity index (χ1) is 12.5. The number of phenolic OH excluding ortho intramolecular Hbond substituents is 2. The molecule has 0 saturated carbocycles. The molecule has 1 aliphatic rings. The third-order valence-corrected chi connectivity index (χ3v) is 5.57. The molecule has 5 heteroatoms. The molecule has 0 radical (unpaired) electrons. The van der Waals surface area contributed by atoms with Crippen LogP contribution in [0.3, 0.4) is 0 Å². The predicted molar refractivity (Wildman–Crippen MR) is 103 cm³/mol. The highest BCUT2D eigenvalue weighted by Gasteiger charge is 2.42. The summed E-state index contributed by atoms with van der Waals surface area (Å²) in [5.41, 5.74) is 2.02. The molecule has 0 atom stereocenters. The molecule has 144 valence electrons. The van der Waals surface area contributed by atoms with E-state index < -0.39 is 5.97 Å². The molecule has 0 fully saturated rings. The number of ether oxygens (including phenoxy) is 1. The molecule has 3 rings (SSSR count). The Morgan fingerprint density at radius 2 is 1.56 bits per heavy atom. The summed E-state index contributed by atoms with van der Waals surface area (Å²) >= 11 is 0. The molecular formula is C22H26O5. The fourth-order valence-corrected chi connectivity index (χ4v) is 3.87. The number of benzene rings is 2. The molecule has 0 unspecified atom stereocenters. The molecule has 2 aromatic carbocycles. The SMILES string of the molecule is CC1(C)CCC(C)(C)c2c(O)c(OCc3ccc(C(=O)O)cc3)cc(O)c21. The summed E-state index contributed by atoms with van der Waals surface area (Å²) in [7, 11) is 0. The first-order valence-electron chi connectivity index (χ1n) is 9.08. The average Bonchev–Trinajstić information content (AvgIpc) is 2.59. The van der Waals surface area contributed by atoms with Gasteiger partial charge in [-0.1, -0.05) is 39.8 Å². The Labute approximate surface area is 159 Å². The maximum atomic E-state index is 10.9. The van der Waals surface area contributed by atoms with E-state index in [1.807, 2.05) is 0 Å². The molecule has 0 heterocycles. The monoisotopic (exact) mass is 370 g/mol. The lowest BCUT2D eigenvalue weighted by molar-refractivity contribution is 0.0697. The third kappa shape index (κ3) is 3.46. The van der Waals surface area contributed by atoms with E-state index in [9.17, 15) is 15.0 Å². The van der Waals surface area contributed by atoms with Gasteiger partial charge >= 0.3 is 5.97 Å². The molecule has 0 aromatic heterocycles. The number of fused-ring (bicyclic) bond motifs is 1. The second-order valence-corrected chi connectivity index (χ2v) is 8.55. The predicted octanol–water partition coefficient (Wildman–Crippen LogP) is 4.72. The zero-order valence-corrected chi connectivity index (χ0v) is 16.2. The lowest BCUT2D eigenvalue weighted by atomic mass is 9.62. The Morgan fingerprint density at radius 1 is 1.00 bits per heavy atom. The number of carbonyl (C=O) groups is 1. The van der Waals surface area contributed by atoms with Crippen LogP contribution in [0.5, 0.6) is 17.2 Å². The van der Waals surface area contributed by atoms with Gasteiger partial charge < -0.3 is 20.1 Å². The minimum absolute atomic E-state index is 0.0720. The van der Waals surface area contributed by atoms with Gasteiger partial charge in [0.1, 0.15) is 12.4 Å². The van der Waals surface area contributed by atoms with Crippen molar-refractivity contribution in [1.29, 1.82) is 0 Å². The summed E-state index contributed by atoms with van der Waals surface area (Å²) in [6.45, 7) is 8.44. The van der Waals surface area contributed by atoms with E-state index >= 15 is 0 Å². The van der Waals surface area contributed by atoms with E-state index in [2.05, 4.69) is 27.7 Å². The van der Waals surface area contributed by atoms with Gasteiger partial charge in [-0.3, -0.25) is 0 Å². The third-order valence-electron chi connectivity index (χ3n) is 5.57. The summed E-state index contributed by atoms with van der Waals surface area (Å²) in [5, 5.41) is 30.5. The maximum Gasteiger partial charge on any atom is 0.335 e. The van der Waals surface area contributed by atoms with Crippen LogP contribution in [0.4, 0.5) is 0 Å². The van der Waals surface area contributed by atoms with Gasteiger partial charge in [0, 0.05) is 17.2 Å². The molecule has 0 saturated heterocycles. The second-order valence-electron chi connectivity index (χ2n) is 8.55. The van der Waals surface area contributed by atoms with Crippen LogP contribution in [-0.4, -0.2) is 21.3 Å². The van der Waals surface area contributed by atoms with Crippen LogP contribution < -0.4 is 4.74 Å². The highest BCUT2D eigenvalue weighted by molar-refractivity contribution is 5.87. The molecule has 0 amide bonds. The summed E-state index contributed by atoms with van der Waals surface area (Å²) in [6, 6.07) is 7.84.